The summed E-state index contributed by atoms with van der Waals surface area (Å²) in [5.74, 6) is -0.181. The maximum atomic E-state index is 12.3. The topological polar surface area (TPSA) is 46.2 Å². The minimum atomic E-state index is -0.160. The minimum absolute atomic E-state index is 0.0205. The van der Waals surface area contributed by atoms with E-state index < -0.39 is 0 Å². The van der Waals surface area contributed by atoms with E-state index in [-0.39, 0.29) is 11.7 Å². The van der Waals surface area contributed by atoms with Crippen molar-refractivity contribution in [2.45, 2.75) is 20.8 Å². The van der Waals surface area contributed by atoms with E-state index in [1.165, 1.54) is 6.92 Å². The molecule has 0 saturated carbocycles. The van der Waals surface area contributed by atoms with Crippen LogP contribution in [0.3, 0.4) is 0 Å². The van der Waals surface area contributed by atoms with E-state index in [1.54, 1.807) is 30.3 Å². The monoisotopic (exact) mass is 267 g/mol. The first-order chi connectivity index (χ1) is 9.49. The molecule has 0 aliphatic carbocycles. The molecule has 2 rings (SSSR count). The fourth-order valence-electron chi connectivity index (χ4n) is 2.01. The van der Waals surface area contributed by atoms with Gasteiger partial charge in [-0.2, -0.15) is 0 Å². The molecule has 102 valence electrons. The van der Waals surface area contributed by atoms with E-state index in [0.29, 0.717) is 16.8 Å². The Kier molecular flexibility index (Phi) is 3.99. The number of nitrogens with one attached hydrogen (secondary N) is 1. The van der Waals surface area contributed by atoms with Gasteiger partial charge in [0, 0.05) is 16.8 Å². The number of amides is 1. The van der Waals surface area contributed by atoms with Gasteiger partial charge in [-0.15, -0.1) is 0 Å². The van der Waals surface area contributed by atoms with Gasteiger partial charge < -0.3 is 5.32 Å². The lowest BCUT2D eigenvalue weighted by Crippen LogP contribution is -2.14. The first-order valence-corrected chi connectivity index (χ1v) is 6.47. The third kappa shape index (κ3) is 2.94. The number of aryl methyl sites for hydroxylation is 1. The summed E-state index contributed by atoms with van der Waals surface area (Å²) >= 11 is 0. The molecule has 0 radical (unpaired) electrons. The normalized spacial score (nSPS) is 10.2. The van der Waals surface area contributed by atoms with Crippen molar-refractivity contribution in [3.8, 4) is 0 Å². The minimum Gasteiger partial charge on any atom is -0.322 e. The average Bonchev–Trinajstić information content (AvgIpc) is 2.42. The number of hydrogen-bond acceptors (Lipinski definition) is 2. The number of carbonyl (C=O) groups is 2. The van der Waals surface area contributed by atoms with Crippen LogP contribution in [0.25, 0.3) is 0 Å². The largest absolute Gasteiger partial charge is 0.322 e. The quantitative estimate of drug-likeness (QED) is 0.861. The molecule has 1 N–H and O–H groups in total. The molecule has 3 nitrogen and oxygen atoms in total. The predicted molar refractivity (Wildman–Crippen MR) is 80.3 cm³/mol. The van der Waals surface area contributed by atoms with Crippen molar-refractivity contribution in [3.05, 3.63) is 64.7 Å². The van der Waals surface area contributed by atoms with E-state index in [2.05, 4.69) is 5.32 Å². The summed E-state index contributed by atoms with van der Waals surface area (Å²) in [5.41, 5.74) is 3.91. The molecule has 0 spiro atoms. The van der Waals surface area contributed by atoms with Gasteiger partial charge in [0.2, 0.25) is 0 Å². The van der Waals surface area contributed by atoms with Crippen molar-refractivity contribution in [2.24, 2.45) is 0 Å². The summed E-state index contributed by atoms with van der Waals surface area (Å²) in [5, 5.41) is 2.83. The summed E-state index contributed by atoms with van der Waals surface area (Å²) < 4.78 is 0. The summed E-state index contributed by atoms with van der Waals surface area (Å²) in [7, 11) is 0. The van der Waals surface area contributed by atoms with Gasteiger partial charge in [0.05, 0.1) is 0 Å². The fourth-order valence-corrected chi connectivity index (χ4v) is 2.01. The van der Waals surface area contributed by atoms with E-state index in [1.807, 2.05) is 26.0 Å². The maximum absolute atomic E-state index is 12.3. The number of carbonyl (C=O) groups excluding carboxylic acids is 2. The lowest BCUT2D eigenvalue weighted by molar-refractivity contribution is 0.101. The first-order valence-electron chi connectivity index (χ1n) is 6.47. The molecule has 0 heterocycles. The molecule has 0 saturated heterocycles. The van der Waals surface area contributed by atoms with Gasteiger partial charge in [0.15, 0.2) is 5.78 Å². The highest BCUT2D eigenvalue weighted by Crippen LogP contribution is 2.16. The van der Waals surface area contributed by atoms with Gasteiger partial charge in [0.1, 0.15) is 0 Å². The molecule has 1 amide bonds. The molecule has 20 heavy (non-hydrogen) atoms. The van der Waals surface area contributed by atoms with Gasteiger partial charge in [-0.3, -0.25) is 9.59 Å². The lowest BCUT2D eigenvalue weighted by Gasteiger charge is -2.10. The summed E-state index contributed by atoms with van der Waals surface area (Å²) in [6, 6.07) is 12.6. The molecule has 0 fully saturated rings. The van der Waals surface area contributed by atoms with Crippen LogP contribution in [-0.2, 0) is 0 Å². The van der Waals surface area contributed by atoms with Crippen LogP contribution in [0.5, 0.6) is 0 Å². The Bertz CT molecular complexity index is 674. The number of rotatable bonds is 3. The standard InChI is InChI=1S/C17H17NO2/c1-11-6-4-9-16(12(11)2)17(20)18-15-8-5-7-14(10-15)13(3)19/h4-10H,1-3H3,(H,18,20). The van der Waals surface area contributed by atoms with Crippen molar-refractivity contribution in [1.82, 2.24) is 0 Å². The second-order valence-corrected chi connectivity index (χ2v) is 4.84. The van der Waals surface area contributed by atoms with Crippen LogP contribution in [0.15, 0.2) is 42.5 Å². The van der Waals surface area contributed by atoms with Crippen LogP contribution in [0, 0.1) is 13.8 Å². The Morgan fingerprint density at radius 3 is 2.40 bits per heavy atom. The summed E-state index contributed by atoms with van der Waals surface area (Å²) in [6.45, 7) is 5.41. The van der Waals surface area contributed by atoms with Gasteiger partial charge in [-0.05, 0) is 50.1 Å². The van der Waals surface area contributed by atoms with Gasteiger partial charge in [0.25, 0.3) is 5.91 Å². The Balaban J connectivity index is 2.26. The van der Waals surface area contributed by atoms with Crippen molar-refractivity contribution in [1.29, 1.82) is 0 Å². The van der Waals surface area contributed by atoms with E-state index in [9.17, 15) is 9.59 Å². The second kappa shape index (κ2) is 5.70. The van der Waals surface area contributed by atoms with Crippen molar-refractivity contribution in [3.63, 3.8) is 0 Å². The highest BCUT2D eigenvalue weighted by molar-refractivity contribution is 6.06. The molecule has 0 unspecified atom stereocenters. The Morgan fingerprint density at radius 1 is 1.00 bits per heavy atom. The van der Waals surface area contributed by atoms with Crippen molar-refractivity contribution in [2.75, 3.05) is 5.32 Å². The Labute approximate surface area is 118 Å². The van der Waals surface area contributed by atoms with Crippen LogP contribution in [-0.4, -0.2) is 11.7 Å². The highest BCUT2D eigenvalue weighted by Gasteiger charge is 2.10. The molecule has 0 bridgehead atoms. The van der Waals surface area contributed by atoms with Gasteiger partial charge in [-0.25, -0.2) is 0 Å². The van der Waals surface area contributed by atoms with Crippen LogP contribution in [0.1, 0.15) is 38.8 Å². The molecule has 0 aliphatic heterocycles. The van der Waals surface area contributed by atoms with Crippen LogP contribution >= 0.6 is 0 Å². The zero-order valence-corrected chi connectivity index (χ0v) is 11.9. The van der Waals surface area contributed by atoms with Crippen LogP contribution in [0.2, 0.25) is 0 Å². The van der Waals surface area contributed by atoms with Crippen LogP contribution in [0.4, 0.5) is 5.69 Å². The molecule has 3 heteroatoms. The molecular weight excluding hydrogens is 250 g/mol. The average molecular weight is 267 g/mol. The summed E-state index contributed by atoms with van der Waals surface area (Å²) in [4.78, 5) is 23.6. The lowest BCUT2D eigenvalue weighted by atomic mass is 10.0. The number of benzene rings is 2. The van der Waals surface area contributed by atoms with Gasteiger partial charge >= 0.3 is 0 Å². The molecule has 2 aromatic carbocycles. The summed E-state index contributed by atoms with van der Waals surface area (Å²) in [6.07, 6.45) is 0. The zero-order chi connectivity index (χ0) is 14.7. The van der Waals surface area contributed by atoms with E-state index in [4.69, 9.17) is 0 Å². The first kappa shape index (κ1) is 14.0. The number of Topliss-reactive ketones (excluding diaryl/α,β-unsaturated/α-hetero) is 1. The molecule has 0 aromatic heterocycles. The van der Waals surface area contributed by atoms with E-state index in [0.717, 1.165) is 11.1 Å². The third-order valence-corrected chi connectivity index (χ3v) is 3.38. The molecule has 2 aromatic rings. The van der Waals surface area contributed by atoms with Crippen molar-refractivity contribution >= 4 is 17.4 Å². The van der Waals surface area contributed by atoms with Crippen molar-refractivity contribution < 1.29 is 9.59 Å². The zero-order valence-electron chi connectivity index (χ0n) is 11.9. The maximum Gasteiger partial charge on any atom is 0.255 e. The number of anilines is 1. The van der Waals surface area contributed by atoms with Gasteiger partial charge in [-0.1, -0.05) is 24.3 Å². The van der Waals surface area contributed by atoms with Crippen LogP contribution < -0.4 is 5.32 Å². The van der Waals surface area contributed by atoms with E-state index >= 15 is 0 Å². The predicted octanol–water partition coefficient (Wildman–Crippen LogP) is 3.76. The third-order valence-electron chi connectivity index (χ3n) is 3.38. The molecule has 0 aliphatic rings. The number of ketones is 1. The number of hydrogen-bond donors (Lipinski definition) is 1. The fraction of sp³-hybridized carbons (Fsp3) is 0.176. The second-order valence-electron chi connectivity index (χ2n) is 4.84. The molecule has 0 atom stereocenters. The Hall–Kier alpha value is -2.42. The smallest absolute Gasteiger partial charge is 0.255 e. The Morgan fingerprint density at radius 2 is 1.70 bits per heavy atom. The SMILES string of the molecule is CC(=O)c1cccc(NC(=O)c2cccc(C)c2C)c1. The molecular formula is C17H17NO2. The highest BCUT2D eigenvalue weighted by atomic mass is 16.1.